The van der Waals surface area contributed by atoms with E-state index in [-0.39, 0.29) is 24.0 Å². The first kappa shape index (κ1) is 22.2. The minimum absolute atomic E-state index is 0.00177. The second-order valence-corrected chi connectivity index (χ2v) is 9.65. The molecule has 2 aromatic heterocycles. The normalized spacial score (nSPS) is 17.0. The fourth-order valence-electron chi connectivity index (χ4n) is 4.82. The first-order valence-electron chi connectivity index (χ1n) is 11.4. The van der Waals surface area contributed by atoms with E-state index in [4.69, 9.17) is 0 Å². The van der Waals surface area contributed by atoms with E-state index in [9.17, 15) is 14.4 Å². The van der Waals surface area contributed by atoms with Gasteiger partial charge in [0.2, 0.25) is 11.8 Å². The van der Waals surface area contributed by atoms with Crippen LogP contribution >= 0.6 is 11.3 Å². The van der Waals surface area contributed by atoms with Gasteiger partial charge < -0.3 is 10.2 Å². The van der Waals surface area contributed by atoms with Crippen molar-refractivity contribution < 1.29 is 14.4 Å². The predicted molar refractivity (Wildman–Crippen MR) is 131 cm³/mol. The van der Waals surface area contributed by atoms with E-state index in [2.05, 4.69) is 10.3 Å². The van der Waals surface area contributed by atoms with Crippen LogP contribution in [0.15, 0.2) is 54.1 Å². The number of Topliss-reactive ketones (excluding diaryl/α,β-unsaturated/α-hetero) is 1. The zero-order valence-electron chi connectivity index (χ0n) is 18.9. The molecule has 7 heteroatoms. The molecule has 0 radical (unpaired) electrons. The molecule has 1 aliphatic carbocycles. The maximum absolute atomic E-state index is 13.3. The van der Waals surface area contributed by atoms with Gasteiger partial charge in [-0.05, 0) is 53.1 Å². The van der Waals surface area contributed by atoms with Gasteiger partial charge in [0.1, 0.15) is 0 Å². The molecule has 2 amide bonds. The molecule has 0 spiro atoms. The molecule has 3 heterocycles. The number of pyridine rings is 1. The smallest absolute Gasteiger partial charge is 0.244 e. The minimum Gasteiger partial charge on any atom is -0.348 e. The van der Waals surface area contributed by atoms with Gasteiger partial charge in [0, 0.05) is 54.5 Å². The Labute approximate surface area is 202 Å². The highest BCUT2D eigenvalue weighted by Gasteiger charge is 2.37. The van der Waals surface area contributed by atoms with Gasteiger partial charge in [-0.25, -0.2) is 0 Å². The molecule has 0 fully saturated rings. The highest BCUT2D eigenvalue weighted by Crippen LogP contribution is 2.35. The number of rotatable bonds is 5. The molecule has 0 saturated carbocycles. The Kier molecular flexibility index (Phi) is 6.11. The van der Waals surface area contributed by atoms with Crippen molar-refractivity contribution in [2.45, 2.75) is 38.8 Å². The third-order valence-corrected chi connectivity index (χ3v) is 7.45. The van der Waals surface area contributed by atoms with Crippen molar-refractivity contribution in [3.05, 3.63) is 92.4 Å². The summed E-state index contributed by atoms with van der Waals surface area (Å²) in [5.41, 5.74) is 5.56. The second-order valence-electron chi connectivity index (χ2n) is 8.67. The third-order valence-electron chi connectivity index (χ3n) is 6.61. The van der Waals surface area contributed by atoms with E-state index < -0.39 is 5.92 Å². The van der Waals surface area contributed by atoms with E-state index in [0.717, 1.165) is 32.8 Å². The van der Waals surface area contributed by atoms with E-state index in [1.165, 1.54) is 0 Å². The van der Waals surface area contributed by atoms with Crippen molar-refractivity contribution >= 4 is 35.0 Å². The van der Waals surface area contributed by atoms with Crippen LogP contribution in [0.4, 0.5) is 0 Å². The van der Waals surface area contributed by atoms with Crippen LogP contribution in [-0.2, 0) is 29.1 Å². The average molecular weight is 472 g/mol. The highest BCUT2D eigenvalue weighted by molar-refractivity contribution is 7.10. The Balaban J connectivity index is 1.28. The summed E-state index contributed by atoms with van der Waals surface area (Å²) in [5.74, 6) is -0.520. The van der Waals surface area contributed by atoms with Crippen LogP contribution in [0.1, 0.15) is 55.5 Å². The topological polar surface area (TPSA) is 79.4 Å². The molecule has 5 rings (SSSR count). The molecule has 3 aromatic rings. The summed E-state index contributed by atoms with van der Waals surface area (Å²) in [6.07, 6.45) is 6.12. The maximum Gasteiger partial charge on any atom is 0.244 e. The van der Waals surface area contributed by atoms with Gasteiger partial charge in [0.15, 0.2) is 5.78 Å². The number of aryl methyl sites for hydroxylation is 1. The Morgan fingerprint density at radius 2 is 2.09 bits per heavy atom. The molecule has 172 valence electrons. The molecule has 1 aromatic carbocycles. The van der Waals surface area contributed by atoms with E-state index in [1.807, 2.05) is 53.7 Å². The number of nitrogens with one attached hydrogen (secondary N) is 1. The molecule has 1 aliphatic heterocycles. The number of hydrogen-bond donors (Lipinski definition) is 1. The Morgan fingerprint density at radius 1 is 1.24 bits per heavy atom. The van der Waals surface area contributed by atoms with Crippen LogP contribution in [0.2, 0.25) is 0 Å². The molecule has 1 N–H and O–H groups in total. The fraction of sp³-hybridized carbons (Fsp3) is 0.259. The van der Waals surface area contributed by atoms with Gasteiger partial charge >= 0.3 is 0 Å². The number of ketones is 1. The number of amides is 2. The monoisotopic (exact) mass is 471 g/mol. The summed E-state index contributed by atoms with van der Waals surface area (Å²) in [6, 6.07) is 11.3. The lowest BCUT2D eigenvalue weighted by atomic mass is 9.93. The summed E-state index contributed by atoms with van der Waals surface area (Å²) < 4.78 is 0. The van der Waals surface area contributed by atoms with Crippen molar-refractivity contribution in [3.63, 3.8) is 0 Å². The van der Waals surface area contributed by atoms with Gasteiger partial charge in [0.05, 0.1) is 5.92 Å². The van der Waals surface area contributed by atoms with Gasteiger partial charge in [-0.2, -0.15) is 0 Å². The molecule has 6 nitrogen and oxygen atoms in total. The van der Waals surface area contributed by atoms with Crippen LogP contribution in [0, 0.1) is 6.92 Å². The largest absolute Gasteiger partial charge is 0.348 e. The summed E-state index contributed by atoms with van der Waals surface area (Å²) in [7, 11) is 0. The number of carbonyl (C=O) groups is 3. The summed E-state index contributed by atoms with van der Waals surface area (Å²) in [6.45, 7) is 3.39. The van der Waals surface area contributed by atoms with Gasteiger partial charge in [0.25, 0.3) is 0 Å². The Bertz CT molecular complexity index is 1300. The second kappa shape index (κ2) is 9.35. The molecule has 2 aliphatic rings. The maximum atomic E-state index is 13.3. The lowest BCUT2D eigenvalue weighted by Gasteiger charge is -2.32. The number of aromatic nitrogens is 1. The van der Waals surface area contributed by atoms with E-state index >= 15 is 0 Å². The molecule has 1 unspecified atom stereocenters. The van der Waals surface area contributed by atoms with Crippen LogP contribution < -0.4 is 5.32 Å². The van der Waals surface area contributed by atoms with Crippen molar-refractivity contribution in [3.8, 4) is 0 Å². The van der Waals surface area contributed by atoms with Crippen LogP contribution in [-0.4, -0.2) is 34.0 Å². The average Bonchev–Trinajstić information content (AvgIpc) is 3.49. The third kappa shape index (κ3) is 4.31. The summed E-state index contributed by atoms with van der Waals surface area (Å²) in [4.78, 5) is 45.4. The molecule has 1 atom stereocenters. The number of benzene rings is 1. The van der Waals surface area contributed by atoms with E-state index in [0.29, 0.717) is 31.6 Å². The van der Waals surface area contributed by atoms with Gasteiger partial charge in [-0.15, -0.1) is 11.3 Å². The van der Waals surface area contributed by atoms with E-state index in [1.54, 1.807) is 29.6 Å². The van der Waals surface area contributed by atoms with Crippen molar-refractivity contribution in [1.29, 1.82) is 0 Å². The Morgan fingerprint density at radius 3 is 2.91 bits per heavy atom. The lowest BCUT2D eigenvalue weighted by molar-refractivity contribution is -0.133. The van der Waals surface area contributed by atoms with Crippen molar-refractivity contribution in [2.24, 2.45) is 0 Å². The lowest BCUT2D eigenvalue weighted by Crippen LogP contribution is -2.39. The molecular weight excluding hydrogens is 446 g/mol. The Hall–Kier alpha value is -3.58. The predicted octanol–water partition coefficient (Wildman–Crippen LogP) is 4.04. The number of fused-ring (bicyclic) bond motifs is 2. The summed E-state index contributed by atoms with van der Waals surface area (Å²) in [5, 5.41) is 4.94. The van der Waals surface area contributed by atoms with Gasteiger partial charge in [-0.3, -0.25) is 19.4 Å². The molecular formula is C27H25N3O3S. The number of hydrogen-bond acceptors (Lipinski definition) is 5. The number of nitrogens with zero attached hydrogens (tertiary/aromatic N) is 2. The first-order chi connectivity index (χ1) is 16.5. The standard InChI is InChI=1S/C27H25N3O3S/c1-17-24(15-29-26(32)9-8-19-5-4-12-34-19)20-10-11-30(16-18(20)14-28-17)27(33)23-13-25(31)22-7-3-2-6-21(22)23/h2-9,12,14,23H,10-11,13,15-16H2,1H3,(H,29,32)/b9-8+. The zero-order valence-corrected chi connectivity index (χ0v) is 19.7. The fourth-order valence-corrected chi connectivity index (χ4v) is 5.44. The highest BCUT2D eigenvalue weighted by atomic mass is 32.1. The zero-order chi connectivity index (χ0) is 23.7. The van der Waals surface area contributed by atoms with Crippen molar-refractivity contribution in [2.75, 3.05) is 6.54 Å². The SMILES string of the molecule is Cc1ncc2c(c1CNC(=O)/C=C/c1cccs1)CCN(C(=O)C1CC(=O)c3ccccc31)C2. The molecule has 0 saturated heterocycles. The molecule has 0 bridgehead atoms. The first-order valence-corrected chi connectivity index (χ1v) is 12.3. The number of carbonyl (C=O) groups excluding carboxylic acids is 3. The number of thiophene rings is 1. The van der Waals surface area contributed by atoms with Crippen LogP contribution in [0.3, 0.4) is 0 Å². The minimum atomic E-state index is -0.405. The quantitative estimate of drug-likeness (QED) is 0.570. The molecule has 34 heavy (non-hydrogen) atoms. The van der Waals surface area contributed by atoms with Crippen LogP contribution in [0.5, 0.6) is 0 Å². The summed E-state index contributed by atoms with van der Waals surface area (Å²) >= 11 is 1.58. The van der Waals surface area contributed by atoms with Gasteiger partial charge in [-0.1, -0.05) is 30.3 Å². The van der Waals surface area contributed by atoms with Crippen molar-refractivity contribution in [1.82, 2.24) is 15.2 Å². The van der Waals surface area contributed by atoms with Crippen LogP contribution in [0.25, 0.3) is 6.08 Å².